The molecular formula is C10H11IN2O2. The third-order valence-corrected chi connectivity index (χ3v) is 2.71. The van der Waals surface area contributed by atoms with Crippen LogP contribution in [0.3, 0.4) is 0 Å². The molecule has 1 aliphatic rings. The number of hydrogen-bond acceptors (Lipinski definition) is 3. The van der Waals surface area contributed by atoms with Crippen LogP contribution in [0.4, 0.5) is 0 Å². The fourth-order valence-electron chi connectivity index (χ4n) is 1.18. The Morgan fingerprint density at radius 1 is 1.67 bits per heavy atom. The summed E-state index contributed by atoms with van der Waals surface area (Å²) in [5, 5.41) is 2.57. The number of rotatable bonds is 3. The quantitative estimate of drug-likeness (QED) is 0.680. The summed E-state index contributed by atoms with van der Waals surface area (Å²) in [6, 6.07) is 1.80. The molecule has 5 heteroatoms. The van der Waals surface area contributed by atoms with E-state index in [0.29, 0.717) is 11.3 Å². The highest BCUT2D eigenvalue weighted by Crippen LogP contribution is 2.29. The van der Waals surface area contributed by atoms with Crippen LogP contribution in [0, 0.1) is 3.70 Å². The second-order valence-electron chi connectivity index (χ2n) is 3.40. The second-order valence-corrected chi connectivity index (χ2v) is 4.50. The predicted molar refractivity (Wildman–Crippen MR) is 64.0 cm³/mol. The van der Waals surface area contributed by atoms with E-state index in [4.69, 9.17) is 4.74 Å². The highest BCUT2D eigenvalue weighted by molar-refractivity contribution is 14.1. The zero-order chi connectivity index (χ0) is 10.8. The number of halogens is 1. The van der Waals surface area contributed by atoms with Gasteiger partial charge in [-0.25, -0.2) is 4.98 Å². The van der Waals surface area contributed by atoms with Gasteiger partial charge in [-0.15, -0.1) is 0 Å². The Morgan fingerprint density at radius 2 is 2.40 bits per heavy atom. The van der Waals surface area contributed by atoms with Crippen molar-refractivity contribution >= 4 is 28.5 Å². The van der Waals surface area contributed by atoms with Crippen molar-refractivity contribution in [3.63, 3.8) is 0 Å². The summed E-state index contributed by atoms with van der Waals surface area (Å²) in [4.78, 5) is 15.6. The van der Waals surface area contributed by atoms with E-state index in [-0.39, 0.29) is 12.0 Å². The van der Waals surface area contributed by atoms with E-state index < -0.39 is 0 Å². The van der Waals surface area contributed by atoms with Crippen LogP contribution >= 0.6 is 22.6 Å². The number of carbonyl (C=O) groups is 1. The molecule has 0 spiro atoms. The van der Waals surface area contributed by atoms with E-state index in [0.717, 1.165) is 16.5 Å². The van der Waals surface area contributed by atoms with E-state index in [1.807, 2.05) is 0 Å². The van der Waals surface area contributed by atoms with Crippen molar-refractivity contribution in [2.24, 2.45) is 0 Å². The molecule has 0 saturated heterocycles. The van der Waals surface area contributed by atoms with Crippen molar-refractivity contribution in [2.45, 2.75) is 18.9 Å². The van der Waals surface area contributed by atoms with Gasteiger partial charge in [0.15, 0.2) is 0 Å². The molecule has 80 valence electrons. The van der Waals surface area contributed by atoms with Crippen molar-refractivity contribution in [1.29, 1.82) is 0 Å². The summed E-state index contributed by atoms with van der Waals surface area (Å²) >= 11 is 2.10. The molecule has 1 amide bonds. The number of nitrogens with one attached hydrogen (secondary N) is 1. The van der Waals surface area contributed by atoms with E-state index in [9.17, 15) is 4.79 Å². The van der Waals surface area contributed by atoms with Crippen molar-refractivity contribution in [1.82, 2.24) is 10.3 Å². The van der Waals surface area contributed by atoms with Gasteiger partial charge in [0.2, 0.25) is 0 Å². The zero-order valence-electron chi connectivity index (χ0n) is 8.29. The van der Waals surface area contributed by atoms with Gasteiger partial charge in [0, 0.05) is 19.3 Å². The molecule has 1 fully saturated rings. The fraction of sp³-hybridized carbons (Fsp3) is 0.400. The van der Waals surface area contributed by atoms with Crippen LogP contribution in [0.15, 0.2) is 12.3 Å². The highest BCUT2D eigenvalue weighted by atomic mass is 127. The van der Waals surface area contributed by atoms with Gasteiger partial charge in [-0.05, 0) is 35.4 Å². The Kier molecular flexibility index (Phi) is 3.08. The molecule has 0 bridgehead atoms. The first-order chi connectivity index (χ1) is 7.20. The minimum Gasteiger partial charge on any atom is -0.489 e. The van der Waals surface area contributed by atoms with Gasteiger partial charge in [0.25, 0.3) is 5.91 Å². The predicted octanol–water partition coefficient (Wildman–Crippen LogP) is 1.59. The summed E-state index contributed by atoms with van der Waals surface area (Å²) in [6.07, 6.45) is 3.99. The topological polar surface area (TPSA) is 51.2 Å². The number of aromatic nitrogens is 1. The molecule has 0 radical (unpaired) electrons. The minimum atomic E-state index is -0.158. The van der Waals surface area contributed by atoms with Crippen molar-refractivity contribution in [2.75, 3.05) is 7.05 Å². The molecule has 2 rings (SSSR count). The Bertz CT molecular complexity index is 391. The normalized spacial score (nSPS) is 14.8. The Hall–Kier alpha value is -0.850. The third-order valence-electron chi connectivity index (χ3n) is 2.12. The molecule has 0 aliphatic heterocycles. The van der Waals surface area contributed by atoms with Crippen LogP contribution in [0.5, 0.6) is 5.75 Å². The molecule has 1 aliphatic carbocycles. The van der Waals surface area contributed by atoms with Crippen LogP contribution in [0.1, 0.15) is 23.2 Å². The molecule has 1 N–H and O–H groups in total. The van der Waals surface area contributed by atoms with E-state index in [1.165, 1.54) is 0 Å². The zero-order valence-corrected chi connectivity index (χ0v) is 10.4. The first-order valence-electron chi connectivity index (χ1n) is 4.75. The maximum atomic E-state index is 11.5. The number of ether oxygens (including phenoxy) is 1. The van der Waals surface area contributed by atoms with Gasteiger partial charge in [0.05, 0.1) is 11.7 Å². The van der Waals surface area contributed by atoms with Crippen molar-refractivity contribution in [3.8, 4) is 5.75 Å². The Morgan fingerprint density at radius 3 is 3.00 bits per heavy atom. The molecule has 1 heterocycles. The van der Waals surface area contributed by atoms with Crippen LogP contribution in [0.25, 0.3) is 0 Å². The number of carbonyl (C=O) groups excluding carboxylic acids is 1. The van der Waals surface area contributed by atoms with Crippen LogP contribution in [-0.2, 0) is 0 Å². The smallest absolute Gasteiger partial charge is 0.256 e. The molecule has 4 nitrogen and oxygen atoms in total. The summed E-state index contributed by atoms with van der Waals surface area (Å²) < 4.78 is 6.48. The number of pyridine rings is 1. The lowest BCUT2D eigenvalue weighted by Crippen LogP contribution is -2.19. The molecule has 0 atom stereocenters. The summed E-state index contributed by atoms with van der Waals surface area (Å²) in [5.74, 6) is 0.478. The maximum absolute atomic E-state index is 11.5. The third kappa shape index (κ3) is 2.58. The molecule has 0 unspecified atom stereocenters. The SMILES string of the molecule is CNC(=O)c1cnc(I)cc1OC1CC1. The summed E-state index contributed by atoms with van der Waals surface area (Å²) in [6.45, 7) is 0. The Balaban J connectivity index is 2.29. The number of amides is 1. The monoisotopic (exact) mass is 318 g/mol. The van der Waals surface area contributed by atoms with Crippen molar-refractivity contribution in [3.05, 3.63) is 21.5 Å². The molecule has 15 heavy (non-hydrogen) atoms. The maximum Gasteiger partial charge on any atom is 0.256 e. The molecule has 1 aromatic heterocycles. The molecule has 1 saturated carbocycles. The lowest BCUT2D eigenvalue weighted by atomic mass is 10.2. The first-order valence-corrected chi connectivity index (χ1v) is 5.83. The average molecular weight is 318 g/mol. The van der Waals surface area contributed by atoms with E-state index >= 15 is 0 Å². The first kappa shape index (κ1) is 10.7. The molecular weight excluding hydrogens is 307 g/mol. The Labute approximate surface area is 102 Å². The summed E-state index contributed by atoms with van der Waals surface area (Å²) in [5.41, 5.74) is 0.504. The van der Waals surface area contributed by atoms with Gasteiger partial charge >= 0.3 is 0 Å². The van der Waals surface area contributed by atoms with Gasteiger partial charge in [-0.2, -0.15) is 0 Å². The van der Waals surface area contributed by atoms with Crippen LogP contribution in [0.2, 0.25) is 0 Å². The highest BCUT2D eigenvalue weighted by Gasteiger charge is 2.25. The van der Waals surface area contributed by atoms with Crippen LogP contribution < -0.4 is 10.1 Å². The van der Waals surface area contributed by atoms with Crippen molar-refractivity contribution < 1.29 is 9.53 Å². The second kappa shape index (κ2) is 4.34. The van der Waals surface area contributed by atoms with Gasteiger partial charge in [0.1, 0.15) is 9.45 Å². The average Bonchev–Trinajstić information content (AvgIpc) is 3.01. The largest absolute Gasteiger partial charge is 0.489 e. The van der Waals surface area contributed by atoms with E-state index in [2.05, 4.69) is 32.9 Å². The lowest BCUT2D eigenvalue weighted by Gasteiger charge is -2.09. The minimum absolute atomic E-state index is 0.158. The summed E-state index contributed by atoms with van der Waals surface area (Å²) in [7, 11) is 1.60. The molecule has 1 aromatic rings. The fourth-order valence-corrected chi connectivity index (χ4v) is 1.60. The number of nitrogens with zero attached hydrogens (tertiary/aromatic N) is 1. The van der Waals surface area contributed by atoms with Crippen LogP contribution in [-0.4, -0.2) is 24.0 Å². The molecule has 0 aromatic carbocycles. The number of hydrogen-bond donors (Lipinski definition) is 1. The lowest BCUT2D eigenvalue weighted by molar-refractivity contribution is 0.0958. The van der Waals surface area contributed by atoms with Gasteiger partial charge < -0.3 is 10.1 Å². The standard InChI is InChI=1S/C10H11IN2O2/c1-12-10(14)7-5-13-9(11)4-8(7)15-6-2-3-6/h4-6H,2-3H2,1H3,(H,12,14). The van der Waals surface area contributed by atoms with E-state index in [1.54, 1.807) is 19.3 Å². The van der Waals surface area contributed by atoms with Gasteiger partial charge in [-0.1, -0.05) is 0 Å². The van der Waals surface area contributed by atoms with Gasteiger partial charge in [-0.3, -0.25) is 4.79 Å².